The Labute approximate surface area is 112 Å². The van der Waals surface area contributed by atoms with Crippen molar-refractivity contribution in [1.82, 2.24) is 14.9 Å². The van der Waals surface area contributed by atoms with Crippen LogP contribution < -0.4 is 4.72 Å². The van der Waals surface area contributed by atoms with E-state index in [9.17, 15) is 8.42 Å². The highest BCUT2D eigenvalue weighted by atomic mass is 32.2. The van der Waals surface area contributed by atoms with Gasteiger partial charge < -0.3 is 0 Å². The van der Waals surface area contributed by atoms with Gasteiger partial charge in [-0.3, -0.25) is 5.10 Å². The van der Waals surface area contributed by atoms with Gasteiger partial charge in [0.25, 0.3) is 0 Å². The Kier molecular flexibility index (Phi) is 3.12. The molecular formula is C13H15N3O2S. The molecule has 5 nitrogen and oxygen atoms in total. The highest BCUT2D eigenvalue weighted by molar-refractivity contribution is 7.89. The Morgan fingerprint density at radius 2 is 2.11 bits per heavy atom. The number of aromatic nitrogens is 2. The van der Waals surface area contributed by atoms with Crippen LogP contribution in [0.5, 0.6) is 0 Å². The maximum Gasteiger partial charge on any atom is 0.240 e. The molecule has 100 valence electrons. The van der Waals surface area contributed by atoms with Crippen molar-refractivity contribution in [2.24, 2.45) is 0 Å². The summed E-state index contributed by atoms with van der Waals surface area (Å²) >= 11 is 0. The van der Waals surface area contributed by atoms with Gasteiger partial charge in [-0.25, -0.2) is 13.1 Å². The van der Waals surface area contributed by atoms with E-state index in [0.29, 0.717) is 4.90 Å². The summed E-state index contributed by atoms with van der Waals surface area (Å²) in [6.07, 6.45) is 6.41. The van der Waals surface area contributed by atoms with Crippen LogP contribution in [0.4, 0.5) is 0 Å². The predicted octanol–water partition coefficient (Wildman–Crippen LogP) is 1.38. The Morgan fingerprint density at radius 1 is 1.26 bits per heavy atom. The van der Waals surface area contributed by atoms with Gasteiger partial charge >= 0.3 is 0 Å². The molecule has 2 aromatic rings. The van der Waals surface area contributed by atoms with Crippen molar-refractivity contribution in [3.05, 3.63) is 47.3 Å². The summed E-state index contributed by atoms with van der Waals surface area (Å²) < 4.78 is 27.0. The summed E-state index contributed by atoms with van der Waals surface area (Å²) in [5, 5.41) is 6.44. The van der Waals surface area contributed by atoms with Gasteiger partial charge in [0.2, 0.25) is 10.0 Å². The SMILES string of the molecule is O=S(=O)(NCc1cn[nH]c1)c1ccc2c(c1)CCC2. The van der Waals surface area contributed by atoms with Gasteiger partial charge in [-0.05, 0) is 42.5 Å². The molecule has 0 amide bonds. The lowest BCUT2D eigenvalue weighted by molar-refractivity contribution is 0.581. The normalized spacial score (nSPS) is 14.5. The fourth-order valence-corrected chi connectivity index (χ4v) is 3.42. The van der Waals surface area contributed by atoms with E-state index in [2.05, 4.69) is 14.9 Å². The monoisotopic (exact) mass is 277 g/mol. The fourth-order valence-electron chi connectivity index (χ4n) is 2.35. The standard InChI is InChI=1S/C13H15N3O2S/c17-19(18,16-9-10-7-14-15-8-10)13-5-4-11-2-1-3-12(11)6-13/h4-8,16H,1-3,9H2,(H,14,15). The molecule has 0 fully saturated rings. The number of aryl methyl sites for hydroxylation is 2. The van der Waals surface area contributed by atoms with E-state index >= 15 is 0 Å². The van der Waals surface area contributed by atoms with Crippen molar-refractivity contribution in [2.45, 2.75) is 30.7 Å². The zero-order chi connectivity index (χ0) is 13.3. The number of benzene rings is 1. The number of hydrogen-bond acceptors (Lipinski definition) is 3. The first-order chi connectivity index (χ1) is 9.15. The summed E-state index contributed by atoms with van der Waals surface area (Å²) in [7, 11) is -3.45. The number of aromatic amines is 1. The second-order valence-corrected chi connectivity index (χ2v) is 6.48. The van der Waals surface area contributed by atoms with E-state index in [0.717, 1.165) is 30.4 Å². The molecule has 0 spiro atoms. The maximum atomic E-state index is 12.2. The van der Waals surface area contributed by atoms with Crippen molar-refractivity contribution in [2.75, 3.05) is 0 Å². The minimum Gasteiger partial charge on any atom is -0.285 e. The molecule has 19 heavy (non-hydrogen) atoms. The molecule has 0 bridgehead atoms. The van der Waals surface area contributed by atoms with Gasteiger partial charge in [0, 0.05) is 18.3 Å². The molecule has 0 atom stereocenters. The van der Waals surface area contributed by atoms with Crippen LogP contribution in [-0.2, 0) is 29.4 Å². The van der Waals surface area contributed by atoms with Crippen molar-refractivity contribution in [3.8, 4) is 0 Å². The molecule has 1 aliphatic carbocycles. The number of H-pyrrole nitrogens is 1. The number of fused-ring (bicyclic) bond motifs is 1. The Balaban J connectivity index is 1.80. The first kappa shape index (κ1) is 12.4. The van der Waals surface area contributed by atoms with Gasteiger partial charge in [0.05, 0.1) is 11.1 Å². The Hall–Kier alpha value is -1.66. The molecule has 0 aliphatic heterocycles. The van der Waals surface area contributed by atoms with Crippen LogP contribution in [0.1, 0.15) is 23.1 Å². The molecule has 1 aromatic heterocycles. The Morgan fingerprint density at radius 3 is 2.89 bits per heavy atom. The van der Waals surface area contributed by atoms with Gasteiger partial charge in [-0.2, -0.15) is 5.10 Å². The van der Waals surface area contributed by atoms with E-state index in [1.807, 2.05) is 6.07 Å². The van der Waals surface area contributed by atoms with Crippen LogP contribution in [0, 0.1) is 0 Å². The van der Waals surface area contributed by atoms with Crippen LogP contribution in [0.3, 0.4) is 0 Å². The second-order valence-electron chi connectivity index (χ2n) is 4.72. The topological polar surface area (TPSA) is 74.8 Å². The zero-order valence-corrected chi connectivity index (χ0v) is 11.2. The second kappa shape index (κ2) is 4.79. The highest BCUT2D eigenvalue weighted by Gasteiger charge is 2.18. The van der Waals surface area contributed by atoms with Crippen molar-refractivity contribution < 1.29 is 8.42 Å². The van der Waals surface area contributed by atoms with Crippen LogP contribution in [-0.4, -0.2) is 18.6 Å². The molecule has 1 aliphatic rings. The smallest absolute Gasteiger partial charge is 0.240 e. The summed E-state index contributed by atoms with van der Waals surface area (Å²) in [5.74, 6) is 0. The van der Waals surface area contributed by atoms with Crippen LogP contribution >= 0.6 is 0 Å². The van der Waals surface area contributed by atoms with Crippen molar-refractivity contribution >= 4 is 10.0 Å². The summed E-state index contributed by atoms with van der Waals surface area (Å²) in [6.45, 7) is 0.246. The molecule has 2 N–H and O–H groups in total. The quantitative estimate of drug-likeness (QED) is 0.886. The van der Waals surface area contributed by atoms with E-state index in [1.54, 1.807) is 24.5 Å². The van der Waals surface area contributed by atoms with E-state index in [-0.39, 0.29) is 6.54 Å². The lowest BCUT2D eigenvalue weighted by atomic mass is 10.1. The molecule has 1 heterocycles. The molecule has 0 saturated heterocycles. The summed E-state index contributed by atoms with van der Waals surface area (Å²) in [4.78, 5) is 0.344. The minimum absolute atomic E-state index is 0.246. The number of nitrogens with zero attached hydrogens (tertiary/aromatic N) is 1. The lowest BCUT2D eigenvalue weighted by Crippen LogP contribution is -2.23. The predicted molar refractivity (Wildman–Crippen MR) is 71.1 cm³/mol. The third kappa shape index (κ3) is 2.54. The molecule has 0 saturated carbocycles. The Bertz CT molecular complexity index is 678. The fraction of sp³-hybridized carbons (Fsp3) is 0.308. The van der Waals surface area contributed by atoms with Crippen molar-refractivity contribution in [1.29, 1.82) is 0 Å². The van der Waals surface area contributed by atoms with Crippen LogP contribution in [0.15, 0.2) is 35.5 Å². The van der Waals surface area contributed by atoms with Gasteiger partial charge in [0.1, 0.15) is 0 Å². The maximum absolute atomic E-state index is 12.2. The third-order valence-corrected chi connectivity index (χ3v) is 4.80. The van der Waals surface area contributed by atoms with Crippen LogP contribution in [0.25, 0.3) is 0 Å². The summed E-state index contributed by atoms with van der Waals surface area (Å²) in [5.41, 5.74) is 3.24. The number of rotatable bonds is 4. The number of nitrogens with one attached hydrogen (secondary N) is 2. The molecule has 1 aromatic carbocycles. The van der Waals surface area contributed by atoms with Crippen molar-refractivity contribution in [3.63, 3.8) is 0 Å². The largest absolute Gasteiger partial charge is 0.285 e. The molecule has 3 rings (SSSR count). The van der Waals surface area contributed by atoms with Crippen LogP contribution in [0.2, 0.25) is 0 Å². The van der Waals surface area contributed by atoms with E-state index in [1.165, 1.54) is 5.56 Å². The highest BCUT2D eigenvalue weighted by Crippen LogP contribution is 2.24. The first-order valence-corrected chi connectivity index (χ1v) is 7.72. The molecule has 6 heteroatoms. The third-order valence-electron chi connectivity index (χ3n) is 3.40. The van der Waals surface area contributed by atoms with E-state index in [4.69, 9.17) is 0 Å². The molecular weight excluding hydrogens is 262 g/mol. The summed E-state index contributed by atoms with van der Waals surface area (Å²) in [6, 6.07) is 5.40. The molecule has 0 radical (unpaired) electrons. The zero-order valence-electron chi connectivity index (χ0n) is 10.4. The first-order valence-electron chi connectivity index (χ1n) is 6.24. The average Bonchev–Trinajstić information content (AvgIpc) is 3.06. The van der Waals surface area contributed by atoms with Gasteiger partial charge in [-0.1, -0.05) is 6.07 Å². The lowest BCUT2D eigenvalue weighted by Gasteiger charge is -2.07. The van der Waals surface area contributed by atoms with Gasteiger partial charge in [0.15, 0.2) is 0 Å². The number of sulfonamides is 1. The minimum atomic E-state index is -3.45. The van der Waals surface area contributed by atoms with Gasteiger partial charge in [-0.15, -0.1) is 0 Å². The average molecular weight is 277 g/mol. The van der Waals surface area contributed by atoms with E-state index < -0.39 is 10.0 Å². The number of hydrogen-bond donors (Lipinski definition) is 2. The molecule has 0 unspecified atom stereocenters.